The third kappa shape index (κ3) is 7.57. The summed E-state index contributed by atoms with van der Waals surface area (Å²) < 4.78 is 5.38. The number of rotatable bonds is 10. The van der Waals surface area contributed by atoms with Gasteiger partial charge in [0.05, 0.1) is 22.7 Å². The highest BCUT2D eigenvalue weighted by Gasteiger charge is 2.09. The van der Waals surface area contributed by atoms with Gasteiger partial charge in [-0.1, -0.05) is 42.1 Å². The summed E-state index contributed by atoms with van der Waals surface area (Å²) in [5, 5.41) is 2.36. The van der Waals surface area contributed by atoms with E-state index in [1.54, 1.807) is 0 Å². The van der Waals surface area contributed by atoms with Crippen molar-refractivity contribution in [1.29, 1.82) is 0 Å². The van der Waals surface area contributed by atoms with E-state index in [0.717, 1.165) is 43.3 Å². The Hall–Kier alpha value is -0.0631. The predicted octanol–water partition coefficient (Wildman–Crippen LogP) is 3.16. The van der Waals surface area contributed by atoms with Crippen molar-refractivity contribution in [3.8, 4) is 0 Å². The molecular formula is C18H29Cl2NOSi. The van der Waals surface area contributed by atoms with E-state index in [2.05, 4.69) is 17.0 Å². The van der Waals surface area contributed by atoms with Crippen LogP contribution in [0.1, 0.15) is 37.7 Å². The number of halogens is 2. The van der Waals surface area contributed by atoms with Crippen LogP contribution in [-0.4, -0.2) is 52.8 Å². The number of nitrogens with zero attached hydrogens (tertiary/aromatic N) is 1. The van der Waals surface area contributed by atoms with E-state index in [9.17, 15) is 0 Å². The summed E-state index contributed by atoms with van der Waals surface area (Å²) in [5.41, 5.74) is 2.26. The molecule has 0 atom stereocenters. The first kappa shape index (κ1) is 19.3. The SMILES string of the molecule is ClC[SiH2]c1ccc(Cl)cc1CCCCCCCN1CCOCC1. The highest BCUT2D eigenvalue weighted by molar-refractivity contribution is 6.62. The third-order valence-corrected chi connectivity index (χ3v) is 6.78. The van der Waals surface area contributed by atoms with E-state index in [0.29, 0.717) is 0 Å². The first-order chi connectivity index (χ1) is 11.3. The molecule has 0 unspecified atom stereocenters. The van der Waals surface area contributed by atoms with Gasteiger partial charge in [-0.15, -0.1) is 11.6 Å². The van der Waals surface area contributed by atoms with Crippen molar-refractivity contribution >= 4 is 37.9 Å². The van der Waals surface area contributed by atoms with Gasteiger partial charge in [0.1, 0.15) is 0 Å². The maximum absolute atomic E-state index is 6.14. The molecule has 0 N–H and O–H groups in total. The minimum absolute atomic E-state index is 0.314. The Morgan fingerprint density at radius 3 is 2.57 bits per heavy atom. The van der Waals surface area contributed by atoms with Crippen molar-refractivity contribution in [3.05, 3.63) is 28.8 Å². The quantitative estimate of drug-likeness (QED) is 0.354. The van der Waals surface area contributed by atoms with E-state index in [4.69, 9.17) is 27.9 Å². The van der Waals surface area contributed by atoms with Crippen molar-refractivity contribution in [2.24, 2.45) is 0 Å². The van der Waals surface area contributed by atoms with Gasteiger partial charge in [0.15, 0.2) is 0 Å². The molecular weight excluding hydrogens is 345 g/mol. The van der Waals surface area contributed by atoms with Gasteiger partial charge in [0, 0.05) is 23.6 Å². The van der Waals surface area contributed by atoms with Gasteiger partial charge < -0.3 is 4.74 Å². The molecule has 1 aliphatic rings. The van der Waals surface area contributed by atoms with Gasteiger partial charge in [0.2, 0.25) is 0 Å². The average Bonchev–Trinajstić information content (AvgIpc) is 2.57. The van der Waals surface area contributed by atoms with Gasteiger partial charge >= 0.3 is 0 Å². The molecule has 1 aromatic carbocycles. The highest BCUT2D eigenvalue weighted by Crippen LogP contribution is 2.13. The van der Waals surface area contributed by atoms with Crippen molar-refractivity contribution < 1.29 is 4.74 Å². The molecule has 1 heterocycles. The Kier molecular flexibility index (Phi) is 9.62. The Morgan fingerprint density at radius 2 is 1.78 bits per heavy atom. The molecule has 2 nitrogen and oxygen atoms in total. The predicted molar refractivity (Wildman–Crippen MR) is 104 cm³/mol. The standard InChI is InChI=1S/C18H29Cl2NOSi/c19-15-23-18-8-7-17(20)14-16(18)6-4-2-1-3-5-9-21-10-12-22-13-11-21/h7-8,14H,1-6,9-13,15,23H2. The number of morpholine rings is 1. The van der Waals surface area contributed by atoms with Gasteiger partial charge in [0.25, 0.3) is 0 Å². The van der Waals surface area contributed by atoms with Gasteiger partial charge in [-0.25, -0.2) is 0 Å². The molecule has 0 amide bonds. The zero-order valence-electron chi connectivity index (χ0n) is 14.0. The lowest BCUT2D eigenvalue weighted by molar-refractivity contribution is 0.0371. The maximum atomic E-state index is 6.14. The molecule has 0 spiro atoms. The number of benzene rings is 1. The number of ether oxygens (including phenoxy) is 1. The summed E-state index contributed by atoms with van der Waals surface area (Å²) in [5.74, 6) is 0. The zero-order valence-corrected chi connectivity index (χ0v) is 17.0. The second kappa shape index (κ2) is 11.5. The van der Waals surface area contributed by atoms with Crippen LogP contribution >= 0.6 is 23.2 Å². The fraction of sp³-hybridized carbons (Fsp3) is 0.667. The van der Waals surface area contributed by atoms with Crippen LogP contribution in [0.5, 0.6) is 0 Å². The minimum Gasteiger partial charge on any atom is -0.379 e. The summed E-state index contributed by atoms with van der Waals surface area (Å²) in [6, 6.07) is 6.34. The normalized spacial score (nSPS) is 16.4. The summed E-state index contributed by atoms with van der Waals surface area (Å²) >= 11 is 12.1. The van der Waals surface area contributed by atoms with Crippen LogP contribution in [0.3, 0.4) is 0 Å². The van der Waals surface area contributed by atoms with Gasteiger partial charge in [-0.3, -0.25) is 4.90 Å². The molecule has 0 radical (unpaired) electrons. The highest BCUT2D eigenvalue weighted by atomic mass is 35.5. The summed E-state index contributed by atoms with van der Waals surface area (Å²) in [7, 11) is -0.314. The summed E-state index contributed by atoms with van der Waals surface area (Å²) in [4.78, 5) is 2.53. The fourth-order valence-corrected chi connectivity index (χ4v) is 5.07. The van der Waals surface area contributed by atoms with Crippen LogP contribution in [0.25, 0.3) is 0 Å². The summed E-state index contributed by atoms with van der Waals surface area (Å²) in [6.07, 6.45) is 7.74. The van der Waals surface area contributed by atoms with Crippen LogP contribution in [-0.2, 0) is 11.2 Å². The van der Waals surface area contributed by atoms with Crippen LogP contribution in [0.2, 0.25) is 5.02 Å². The van der Waals surface area contributed by atoms with Gasteiger partial charge in [-0.2, -0.15) is 0 Å². The molecule has 1 saturated heterocycles. The molecule has 1 fully saturated rings. The number of hydrogen-bond acceptors (Lipinski definition) is 2. The lowest BCUT2D eigenvalue weighted by Crippen LogP contribution is -2.36. The van der Waals surface area contributed by atoms with Crippen LogP contribution in [0, 0.1) is 0 Å². The van der Waals surface area contributed by atoms with E-state index >= 15 is 0 Å². The molecule has 0 aromatic heterocycles. The first-order valence-electron chi connectivity index (χ1n) is 8.93. The second-order valence-electron chi connectivity index (χ2n) is 6.32. The Morgan fingerprint density at radius 1 is 1.04 bits per heavy atom. The van der Waals surface area contributed by atoms with E-state index in [1.165, 1.54) is 49.4 Å². The van der Waals surface area contributed by atoms with Crippen molar-refractivity contribution in [2.75, 3.05) is 38.4 Å². The zero-order chi connectivity index (χ0) is 16.3. The largest absolute Gasteiger partial charge is 0.379 e. The van der Waals surface area contributed by atoms with Crippen molar-refractivity contribution in [3.63, 3.8) is 0 Å². The molecule has 1 aliphatic heterocycles. The maximum Gasteiger partial charge on any atom is 0.0718 e. The number of unbranched alkanes of at least 4 members (excludes halogenated alkanes) is 4. The number of aryl methyl sites for hydroxylation is 1. The van der Waals surface area contributed by atoms with Crippen LogP contribution in [0.15, 0.2) is 18.2 Å². The summed E-state index contributed by atoms with van der Waals surface area (Å²) in [6.45, 7) is 5.29. The smallest absolute Gasteiger partial charge is 0.0718 e. The number of alkyl halides is 1. The molecule has 1 aromatic rings. The second-order valence-corrected chi connectivity index (χ2v) is 9.53. The van der Waals surface area contributed by atoms with Crippen molar-refractivity contribution in [1.82, 2.24) is 4.90 Å². The molecule has 0 bridgehead atoms. The molecule has 5 heteroatoms. The molecule has 0 aliphatic carbocycles. The first-order valence-corrected chi connectivity index (χ1v) is 11.5. The van der Waals surface area contributed by atoms with Crippen molar-refractivity contribution in [2.45, 2.75) is 38.5 Å². The van der Waals surface area contributed by atoms with E-state index in [-0.39, 0.29) is 9.52 Å². The minimum atomic E-state index is -0.314. The van der Waals surface area contributed by atoms with E-state index < -0.39 is 0 Å². The Balaban J connectivity index is 1.57. The molecule has 0 saturated carbocycles. The molecule has 23 heavy (non-hydrogen) atoms. The number of hydrogen-bond donors (Lipinski definition) is 0. The van der Waals surface area contributed by atoms with Crippen LogP contribution < -0.4 is 5.19 Å². The molecule has 130 valence electrons. The third-order valence-electron chi connectivity index (χ3n) is 4.56. The van der Waals surface area contributed by atoms with E-state index in [1.807, 2.05) is 6.07 Å². The Labute approximate surface area is 153 Å². The van der Waals surface area contributed by atoms with Gasteiger partial charge in [-0.05, 0) is 43.5 Å². The Bertz CT molecular complexity index is 453. The lowest BCUT2D eigenvalue weighted by atomic mass is 10.1. The average molecular weight is 374 g/mol. The van der Waals surface area contributed by atoms with Crippen LogP contribution in [0.4, 0.5) is 0 Å². The fourth-order valence-electron chi connectivity index (χ4n) is 3.18. The lowest BCUT2D eigenvalue weighted by Gasteiger charge is -2.26. The topological polar surface area (TPSA) is 12.5 Å². The monoisotopic (exact) mass is 373 g/mol. The molecule has 2 rings (SSSR count).